The Balaban J connectivity index is 1.56. The normalized spacial score (nSPS) is 21.6. The highest BCUT2D eigenvalue weighted by molar-refractivity contribution is 8.14. The molecule has 1 saturated carbocycles. The van der Waals surface area contributed by atoms with Gasteiger partial charge >= 0.3 is 11.9 Å². The van der Waals surface area contributed by atoms with E-state index in [9.17, 15) is 18.8 Å². The number of fused-ring (bicyclic) bond motifs is 1. The minimum atomic E-state index is -0.823. The van der Waals surface area contributed by atoms with Gasteiger partial charge in [-0.3, -0.25) is 9.59 Å². The molecule has 3 aliphatic rings. The topological polar surface area (TPSA) is 94.2 Å². The fourth-order valence-corrected chi connectivity index (χ4v) is 4.00. The Hall–Kier alpha value is -2.88. The molecule has 8 nitrogen and oxygen atoms in total. The lowest BCUT2D eigenvalue weighted by Gasteiger charge is -2.26. The molecule has 1 aromatic rings. The highest BCUT2D eigenvalue weighted by atomic mass is 32.2. The number of carbonyl (C=O) groups excluding carboxylic acids is 3. The summed E-state index contributed by atoms with van der Waals surface area (Å²) in [5.74, 6) is -1.10. The number of para-hydroxylation sites is 1. The zero-order valence-corrected chi connectivity index (χ0v) is 16.7. The number of aliphatic imine (C=N–C) groups is 2. The third kappa shape index (κ3) is 3.71. The molecule has 1 fully saturated rings. The summed E-state index contributed by atoms with van der Waals surface area (Å²) < 4.78 is 15.1. The van der Waals surface area contributed by atoms with E-state index in [1.54, 1.807) is 13.1 Å². The smallest absolute Gasteiger partial charge is 0.323 e. The van der Waals surface area contributed by atoms with E-state index in [1.807, 2.05) is 0 Å². The van der Waals surface area contributed by atoms with Crippen LogP contribution in [-0.4, -0.2) is 63.9 Å². The van der Waals surface area contributed by atoms with Crippen LogP contribution < -0.4 is 5.32 Å². The van der Waals surface area contributed by atoms with Gasteiger partial charge in [0.05, 0.1) is 25.5 Å². The molecule has 1 unspecified atom stereocenters. The molecule has 0 aromatic heterocycles. The van der Waals surface area contributed by atoms with Crippen molar-refractivity contribution < 1.29 is 23.3 Å². The van der Waals surface area contributed by atoms with Crippen LogP contribution in [0.4, 0.5) is 14.9 Å². The summed E-state index contributed by atoms with van der Waals surface area (Å²) in [6.45, 7) is 0. The number of nitrogens with one attached hydrogen (secondary N) is 1. The molecule has 1 aliphatic carbocycles. The van der Waals surface area contributed by atoms with Crippen LogP contribution in [0.15, 0.2) is 34.3 Å². The Kier molecular flexibility index (Phi) is 5.03. The maximum absolute atomic E-state index is 13.7. The molecule has 1 N–H and O–H groups in total. The number of hydrogen-bond acceptors (Lipinski definition) is 6. The Morgan fingerprint density at radius 2 is 2.03 bits per heavy atom. The summed E-state index contributed by atoms with van der Waals surface area (Å²) in [5.41, 5.74) is 0.0926. The molecule has 1 atom stereocenters. The summed E-state index contributed by atoms with van der Waals surface area (Å²) in [7, 11) is 2.98. The number of nitrogens with zero attached hydrogens (tertiary/aromatic N) is 4. The van der Waals surface area contributed by atoms with E-state index in [2.05, 4.69) is 15.3 Å². The van der Waals surface area contributed by atoms with Crippen LogP contribution in [0.1, 0.15) is 12.8 Å². The molecule has 0 spiro atoms. The van der Waals surface area contributed by atoms with Crippen LogP contribution in [0.2, 0.25) is 0 Å². The quantitative estimate of drug-likeness (QED) is 0.760. The number of anilines is 1. The Bertz CT molecular complexity index is 1010. The first-order valence-corrected chi connectivity index (χ1v) is 10.1. The predicted molar refractivity (Wildman–Crippen MR) is 108 cm³/mol. The molecule has 1 aromatic carbocycles. The summed E-state index contributed by atoms with van der Waals surface area (Å²) in [4.78, 5) is 47.4. The first-order chi connectivity index (χ1) is 13.9. The largest absolute Gasteiger partial charge is 0.445 e. The fraction of sp³-hybridized carbons (Fsp3) is 0.368. The fourth-order valence-electron chi connectivity index (χ4n) is 3.12. The second-order valence-corrected chi connectivity index (χ2v) is 8.04. The number of halogens is 1. The lowest BCUT2D eigenvalue weighted by molar-refractivity contribution is -0.407. The molecule has 2 aliphatic heterocycles. The standard InChI is InChI=1S/C19H18FN5O3S/c1-24-16-14(18(27)25(2)19(24)28)17(23-15(22-16)10-7-8-10)29-9-13(26)21-12-6-4-3-5-11(12)20/h3-6,10,14H,7-9H2,1-2H3/p+1. The van der Waals surface area contributed by atoms with E-state index in [1.165, 1.54) is 29.8 Å². The zero-order valence-electron chi connectivity index (χ0n) is 15.9. The number of urea groups is 1. The zero-order chi connectivity index (χ0) is 20.7. The Morgan fingerprint density at radius 3 is 2.72 bits per heavy atom. The number of thioether (sulfide) groups is 1. The van der Waals surface area contributed by atoms with Gasteiger partial charge in [0.15, 0.2) is 5.92 Å². The summed E-state index contributed by atoms with van der Waals surface area (Å²) in [6, 6.07) is 5.44. The minimum absolute atomic E-state index is 0.0520. The van der Waals surface area contributed by atoms with E-state index >= 15 is 0 Å². The second kappa shape index (κ2) is 7.51. The maximum atomic E-state index is 13.7. The third-order valence-electron chi connectivity index (χ3n) is 4.90. The van der Waals surface area contributed by atoms with Gasteiger partial charge in [0.25, 0.3) is 5.84 Å². The number of amidine groups is 2. The second-order valence-electron chi connectivity index (χ2n) is 7.04. The molecule has 4 amide bonds. The van der Waals surface area contributed by atoms with E-state index in [-0.39, 0.29) is 17.4 Å². The summed E-state index contributed by atoms with van der Waals surface area (Å²) >= 11 is 1.10. The molecule has 0 bridgehead atoms. The lowest BCUT2D eigenvalue weighted by Crippen LogP contribution is -2.54. The first-order valence-electron chi connectivity index (χ1n) is 9.13. The van der Waals surface area contributed by atoms with Gasteiger partial charge in [-0.25, -0.2) is 14.2 Å². The number of benzene rings is 1. The van der Waals surface area contributed by atoms with Gasteiger partial charge in [0.2, 0.25) is 11.7 Å². The van der Waals surface area contributed by atoms with Gasteiger partial charge in [0, 0.05) is 5.92 Å². The Morgan fingerprint density at radius 1 is 1.31 bits per heavy atom. The van der Waals surface area contributed by atoms with Gasteiger partial charge in [-0.2, -0.15) is 9.48 Å². The van der Waals surface area contributed by atoms with E-state index < -0.39 is 29.6 Å². The molecule has 0 saturated heterocycles. The summed E-state index contributed by atoms with van der Waals surface area (Å²) in [5, 5.41) is 2.94. The van der Waals surface area contributed by atoms with Gasteiger partial charge in [-0.15, -0.1) is 0 Å². The molecule has 4 rings (SSSR count). The third-order valence-corrected chi connectivity index (χ3v) is 5.92. The van der Waals surface area contributed by atoms with Crippen molar-refractivity contribution in [1.82, 2.24) is 4.90 Å². The minimum Gasteiger partial charge on any atom is -0.323 e. The highest BCUT2D eigenvalue weighted by Crippen LogP contribution is 2.35. The van der Waals surface area contributed by atoms with Gasteiger partial charge < -0.3 is 5.32 Å². The van der Waals surface area contributed by atoms with Gasteiger partial charge in [-0.1, -0.05) is 28.9 Å². The number of rotatable bonds is 4. The molecule has 150 valence electrons. The van der Waals surface area contributed by atoms with E-state index in [0.717, 1.165) is 29.5 Å². The SMILES string of the molecule is CN1C(=O)C2C(SCC(=O)Nc3ccccc3F)=NC(C3CC3)=NC2=[N+](C)C1=O. The van der Waals surface area contributed by atoms with Crippen LogP contribution in [0.3, 0.4) is 0 Å². The van der Waals surface area contributed by atoms with Crippen molar-refractivity contribution in [2.75, 3.05) is 25.2 Å². The van der Waals surface area contributed by atoms with Crippen molar-refractivity contribution in [3.63, 3.8) is 0 Å². The number of carbonyl (C=O) groups is 3. The number of hydrogen-bond donors (Lipinski definition) is 1. The van der Waals surface area contributed by atoms with Crippen molar-refractivity contribution in [1.29, 1.82) is 0 Å². The van der Waals surface area contributed by atoms with Crippen molar-refractivity contribution >= 4 is 52.0 Å². The van der Waals surface area contributed by atoms with Crippen LogP contribution in [0, 0.1) is 17.7 Å². The summed E-state index contributed by atoms with van der Waals surface area (Å²) in [6.07, 6.45) is 1.91. The maximum Gasteiger partial charge on any atom is 0.445 e. The van der Waals surface area contributed by atoms with E-state index in [0.29, 0.717) is 16.7 Å². The molecular formula is C19H19FN5O3S+. The van der Waals surface area contributed by atoms with Gasteiger partial charge in [-0.05, 0) is 25.0 Å². The number of amides is 4. The monoisotopic (exact) mass is 416 g/mol. The first kappa shape index (κ1) is 19.4. The molecule has 2 heterocycles. The predicted octanol–water partition coefficient (Wildman–Crippen LogP) is 1.97. The van der Waals surface area contributed by atoms with Crippen LogP contribution in [0.25, 0.3) is 0 Å². The Labute approximate surface area is 170 Å². The molecular weight excluding hydrogens is 397 g/mol. The molecule has 10 heteroatoms. The lowest BCUT2D eigenvalue weighted by atomic mass is 10.0. The van der Waals surface area contributed by atoms with Crippen LogP contribution in [0.5, 0.6) is 0 Å². The van der Waals surface area contributed by atoms with Crippen LogP contribution in [-0.2, 0) is 9.59 Å². The molecule has 0 radical (unpaired) electrons. The molecule has 29 heavy (non-hydrogen) atoms. The van der Waals surface area contributed by atoms with E-state index in [4.69, 9.17) is 0 Å². The van der Waals surface area contributed by atoms with Crippen molar-refractivity contribution in [2.24, 2.45) is 21.8 Å². The highest BCUT2D eigenvalue weighted by Gasteiger charge is 2.50. The van der Waals surface area contributed by atoms with Crippen molar-refractivity contribution in [3.05, 3.63) is 30.1 Å². The average Bonchev–Trinajstić information content (AvgIpc) is 3.55. The van der Waals surface area contributed by atoms with Crippen molar-refractivity contribution in [2.45, 2.75) is 12.8 Å². The van der Waals surface area contributed by atoms with Crippen LogP contribution >= 0.6 is 11.8 Å². The van der Waals surface area contributed by atoms with Crippen molar-refractivity contribution in [3.8, 4) is 0 Å². The average molecular weight is 416 g/mol. The number of imide groups is 1. The van der Waals surface area contributed by atoms with Gasteiger partial charge in [0.1, 0.15) is 10.9 Å².